The molecule has 0 aromatic heterocycles. The van der Waals surface area contributed by atoms with Gasteiger partial charge >= 0.3 is 0 Å². The number of hydrogen-bond donors (Lipinski definition) is 1. The molecule has 0 aliphatic carbocycles. The van der Waals surface area contributed by atoms with Crippen LogP contribution in [0.2, 0.25) is 0 Å². The lowest BCUT2D eigenvalue weighted by Crippen LogP contribution is -2.18. The first-order chi connectivity index (χ1) is 7.13. The maximum Gasteiger partial charge on any atom is 0.217 e. The van der Waals surface area contributed by atoms with Crippen LogP contribution in [0, 0.1) is 0 Å². The van der Waals surface area contributed by atoms with Crippen molar-refractivity contribution in [3.05, 3.63) is 35.4 Å². The predicted octanol–water partition coefficient (Wildman–Crippen LogP) is 1.90. The minimum atomic E-state index is -0.0596. The summed E-state index contributed by atoms with van der Waals surface area (Å²) < 4.78 is 0. The molecule has 15 heavy (non-hydrogen) atoms. The molecule has 1 rings (SSSR count). The Balaban J connectivity index is 2.64. The highest BCUT2D eigenvalue weighted by molar-refractivity contribution is 9.09. The number of Topliss-reactive ketones (excluding diaryl/α,β-unsaturated/α-hetero) is 1. The summed E-state index contributed by atoms with van der Waals surface area (Å²) in [6.07, 6.45) is 0. The van der Waals surface area contributed by atoms with E-state index in [2.05, 4.69) is 21.2 Å². The fraction of sp³-hybridized carbons (Fsp3) is 0.273. The molecule has 3 nitrogen and oxygen atoms in total. The van der Waals surface area contributed by atoms with Crippen LogP contribution in [0.3, 0.4) is 0 Å². The summed E-state index contributed by atoms with van der Waals surface area (Å²) in [7, 11) is 0. The van der Waals surface area contributed by atoms with E-state index in [0.717, 1.165) is 5.56 Å². The highest BCUT2D eigenvalue weighted by Crippen LogP contribution is 2.06. The Bertz CT molecular complexity index is 359. The van der Waals surface area contributed by atoms with Gasteiger partial charge in [0.1, 0.15) is 0 Å². The normalized spacial score (nSPS) is 9.73. The van der Waals surface area contributed by atoms with E-state index < -0.39 is 0 Å². The molecule has 4 heteroatoms. The van der Waals surface area contributed by atoms with Crippen LogP contribution in [0.25, 0.3) is 0 Å². The van der Waals surface area contributed by atoms with Crippen molar-refractivity contribution in [2.24, 2.45) is 0 Å². The van der Waals surface area contributed by atoms with Crippen molar-refractivity contribution >= 4 is 27.6 Å². The van der Waals surface area contributed by atoms with Crippen LogP contribution < -0.4 is 5.32 Å². The van der Waals surface area contributed by atoms with E-state index in [1.165, 1.54) is 6.92 Å². The second-order valence-electron chi connectivity index (χ2n) is 3.16. The van der Waals surface area contributed by atoms with E-state index in [4.69, 9.17) is 0 Å². The van der Waals surface area contributed by atoms with Crippen LogP contribution >= 0.6 is 15.9 Å². The van der Waals surface area contributed by atoms with E-state index in [9.17, 15) is 9.59 Å². The third-order valence-corrected chi connectivity index (χ3v) is 2.45. The number of benzene rings is 1. The molecule has 80 valence electrons. The highest BCUT2D eigenvalue weighted by atomic mass is 79.9. The molecule has 0 bridgehead atoms. The fourth-order valence-electron chi connectivity index (χ4n) is 1.11. The molecule has 0 aliphatic heterocycles. The Morgan fingerprint density at radius 2 is 1.87 bits per heavy atom. The van der Waals surface area contributed by atoms with E-state index in [1.54, 1.807) is 12.1 Å². The minimum absolute atomic E-state index is 0.0566. The molecule has 0 atom stereocenters. The van der Waals surface area contributed by atoms with E-state index in [0.29, 0.717) is 17.4 Å². The number of carbonyl (C=O) groups excluding carboxylic acids is 2. The summed E-state index contributed by atoms with van der Waals surface area (Å²) in [5, 5.41) is 3.02. The predicted molar refractivity (Wildman–Crippen MR) is 62.1 cm³/mol. The number of ketones is 1. The van der Waals surface area contributed by atoms with Gasteiger partial charge < -0.3 is 5.32 Å². The summed E-state index contributed by atoms with van der Waals surface area (Å²) in [6.45, 7) is 1.97. The van der Waals surface area contributed by atoms with Crippen LogP contribution in [0.4, 0.5) is 0 Å². The van der Waals surface area contributed by atoms with Crippen molar-refractivity contribution < 1.29 is 9.59 Å². The smallest absolute Gasteiger partial charge is 0.217 e. The maximum atomic E-state index is 11.3. The van der Waals surface area contributed by atoms with Gasteiger partial charge in [-0.2, -0.15) is 0 Å². The van der Waals surface area contributed by atoms with Crippen molar-refractivity contribution in [1.82, 2.24) is 5.32 Å². The van der Waals surface area contributed by atoms with Crippen molar-refractivity contribution in [1.29, 1.82) is 0 Å². The lowest BCUT2D eigenvalue weighted by atomic mass is 10.1. The lowest BCUT2D eigenvalue weighted by Gasteiger charge is -2.03. The zero-order chi connectivity index (χ0) is 11.3. The molecule has 0 heterocycles. The van der Waals surface area contributed by atoms with E-state index in [-0.39, 0.29) is 11.7 Å². The molecular formula is C11H12BrNO2. The van der Waals surface area contributed by atoms with E-state index >= 15 is 0 Å². The van der Waals surface area contributed by atoms with Crippen LogP contribution in [0.15, 0.2) is 24.3 Å². The van der Waals surface area contributed by atoms with Crippen molar-refractivity contribution in [2.45, 2.75) is 13.5 Å². The van der Waals surface area contributed by atoms with Crippen LogP contribution in [-0.4, -0.2) is 17.0 Å². The SMILES string of the molecule is CC(=O)NCc1ccc(C(=O)CBr)cc1. The van der Waals surface area contributed by atoms with Crippen LogP contribution in [-0.2, 0) is 11.3 Å². The Morgan fingerprint density at radius 1 is 1.27 bits per heavy atom. The minimum Gasteiger partial charge on any atom is -0.352 e. The van der Waals surface area contributed by atoms with Crippen molar-refractivity contribution in [2.75, 3.05) is 5.33 Å². The molecular weight excluding hydrogens is 258 g/mol. The number of amides is 1. The second kappa shape index (κ2) is 5.66. The van der Waals surface area contributed by atoms with Gasteiger partial charge in [-0.3, -0.25) is 9.59 Å². The molecule has 0 radical (unpaired) electrons. The zero-order valence-electron chi connectivity index (χ0n) is 8.42. The van der Waals surface area contributed by atoms with E-state index in [1.807, 2.05) is 12.1 Å². The molecule has 0 spiro atoms. The summed E-state index contributed by atoms with van der Waals surface area (Å²) in [5.41, 5.74) is 1.66. The number of carbonyl (C=O) groups is 2. The number of rotatable bonds is 4. The fourth-order valence-corrected chi connectivity index (χ4v) is 1.44. The molecule has 0 saturated carbocycles. The quantitative estimate of drug-likeness (QED) is 0.671. The van der Waals surface area contributed by atoms with Gasteiger partial charge in [0.05, 0.1) is 5.33 Å². The van der Waals surface area contributed by atoms with Crippen LogP contribution in [0.1, 0.15) is 22.8 Å². The van der Waals surface area contributed by atoms with Gasteiger partial charge in [-0.25, -0.2) is 0 Å². The molecule has 1 amide bonds. The molecule has 0 fully saturated rings. The number of hydrogen-bond acceptors (Lipinski definition) is 2. The number of alkyl halides is 1. The number of halogens is 1. The van der Waals surface area contributed by atoms with Gasteiger partial charge in [0.15, 0.2) is 5.78 Å². The molecule has 0 aliphatic rings. The van der Waals surface area contributed by atoms with Gasteiger partial charge in [0.25, 0.3) is 0 Å². The first-order valence-electron chi connectivity index (χ1n) is 4.56. The van der Waals surface area contributed by atoms with Crippen molar-refractivity contribution in [3.8, 4) is 0 Å². The van der Waals surface area contributed by atoms with Gasteiger partial charge in [-0.15, -0.1) is 0 Å². The lowest BCUT2D eigenvalue weighted by molar-refractivity contribution is -0.119. The van der Waals surface area contributed by atoms with Gasteiger partial charge in [0, 0.05) is 19.0 Å². The van der Waals surface area contributed by atoms with Gasteiger partial charge in [-0.1, -0.05) is 40.2 Å². The number of nitrogens with one attached hydrogen (secondary N) is 1. The van der Waals surface area contributed by atoms with Gasteiger partial charge in [-0.05, 0) is 5.56 Å². The Morgan fingerprint density at radius 3 is 2.33 bits per heavy atom. The summed E-state index contributed by atoms with van der Waals surface area (Å²) in [4.78, 5) is 21.9. The average Bonchev–Trinajstić information content (AvgIpc) is 2.26. The van der Waals surface area contributed by atoms with Gasteiger partial charge in [0.2, 0.25) is 5.91 Å². The molecule has 1 aromatic rings. The topological polar surface area (TPSA) is 46.2 Å². The first kappa shape index (κ1) is 11.9. The Hall–Kier alpha value is -1.16. The average molecular weight is 270 g/mol. The Labute approximate surface area is 97.0 Å². The third-order valence-electron chi connectivity index (χ3n) is 1.94. The molecule has 1 aromatic carbocycles. The monoisotopic (exact) mass is 269 g/mol. The van der Waals surface area contributed by atoms with Crippen LogP contribution in [0.5, 0.6) is 0 Å². The summed E-state index contributed by atoms with van der Waals surface area (Å²) in [6, 6.07) is 7.21. The summed E-state index contributed by atoms with van der Waals surface area (Å²) >= 11 is 3.11. The summed E-state index contributed by atoms with van der Waals surface area (Å²) in [5.74, 6) is -0.00307. The third kappa shape index (κ3) is 3.83. The van der Waals surface area contributed by atoms with Crippen molar-refractivity contribution in [3.63, 3.8) is 0 Å². The Kier molecular flexibility index (Phi) is 4.49. The standard InChI is InChI=1S/C11H12BrNO2/c1-8(14)13-7-9-2-4-10(5-3-9)11(15)6-12/h2-5H,6-7H2,1H3,(H,13,14). The molecule has 0 unspecified atom stereocenters. The highest BCUT2D eigenvalue weighted by Gasteiger charge is 2.02. The largest absolute Gasteiger partial charge is 0.352 e. The molecule has 0 saturated heterocycles. The zero-order valence-corrected chi connectivity index (χ0v) is 10.0. The maximum absolute atomic E-state index is 11.3. The second-order valence-corrected chi connectivity index (χ2v) is 3.72. The molecule has 1 N–H and O–H groups in total. The first-order valence-corrected chi connectivity index (χ1v) is 5.68.